The van der Waals surface area contributed by atoms with Gasteiger partial charge in [-0.25, -0.2) is 4.79 Å². The molecule has 2 aromatic rings. The molecule has 8 heteroatoms. The van der Waals surface area contributed by atoms with Crippen LogP contribution in [0.1, 0.15) is 79.9 Å². The Kier molecular flexibility index (Phi) is 6.77. The molecule has 1 aromatic heterocycles. The predicted octanol–water partition coefficient (Wildman–Crippen LogP) is 3.74. The van der Waals surface area contributed by atoms with Gasteiger partial charge >= 0.3 is 5.97 Å². The summed E-state index contributed by atoms with van der Waals surface area (Å²) >= 11 is 0. The molecule has 4 rings (SSSR count). The van der Waals surface area contributed by atoms with Gasteiger partial charge in [-0.1, -0.05) is 26.0 Å². The highest BCUT2D eigenvalue weighted by Gasteiger charge is 2.49. The molecule has 1 atom stereocenters. The van der Waals surface area contributed by atoms with E-state index in [1.807, 2.05) is 31.2 Å². The molecule has 1 fully saturated rings. The highest BCUT2D eigenvalue weighted by molar-refractivity contribution is 6.12. The molecule has 0 spiro atoms. The summed E-state index contributed by atoms with van der Waals surface area (Å²) in [6, 6.07) is 9.25. The number of aryl methyl sites for hydroxylation is 1. The van der Waals surface area contributed by atoms with E-state index < -0.39 is 11.5 Å². The number of hydrogen-bond acceptors (Lipinski definition) is 5. The highest BCUT2D eigenvalue weighted by Crippen LogP contribution is 2.34. The van der Waals surface area contributed by atoms with Crippen molar-refractivity contribution >= 4 is 23.5 Å². The van der Waals surface area contributed by atoms with Gasteiger partial charge in [-0.3, -0.25) is 19.2 Å². The number of ether oxygens (including phenoxy) is 1. The van der Waals surface area contributed by atoms with E-state index in [4.69, 9.17) is 4.74 Å². The predicted molar refractivity (Wildman–Crippen MR) is 129 cm³/mol. The SMILES string of the molecule is CCOC(=O)c1cc2n(n1)CC(C)(C(=O)NC1CCC(C)CC1)N(c1cccc(CC)c1)C2=O. The first kappa shape index (κ1) is 24.0. The summed E-state index contributed by atoms with van der Waals surface area (Å²) in [6.07, 6.45) is 4.83. The quantitative estimate of drug-likeness (QED) is 0.655. The lowest BCUT2D eigenvalue weighted by Gasteiger charge is -2.44. The second-order valence-corrected chi connectivity index (χ2v) is 9.66. The van der Waals surface area contributed by atoms with Crippen LogP contribution in [-0.4, -0.2) is 45.8 Å². The second-order valence-electron chi connectivity index (χ2n) is 9.66. The zero-order chi connectivity index (χ0) is 24.5. The van der Waals surface area contributed by atoms with Gasteiger partial charge in [0.15, 0.2) is 5.69 Å². The molecule has 1 saturated carbocycles. The van der Waals surface area contributed by atoms with Gasteiger partial charge in [0.05, 0.1) is 13.2 Å². The summed E-state index contributed by atoms with van der Waals surface area (Å²) < 4.78 is 6.54. The van der Waals surface area contributed by atoms with Crippen LogP contribution in [0.15, 0.2) is 30.3 Å². The Bertz CT molecular complexity index is 1090. The van der Waals surface area contributed by atoms with E-state index in [1.54, 1.807) is 18.7 Å². The van der Waals surface area contributed by atoms with Crippen molar-refractivity contribution in [2.24, 2.45) is 5.92 Å². The fourth-order valence-electron chi connectivity index (χ4n) is 4.95. The molecule has 2 aliphatic rings. The lowest BCUT2D eigenvalue weighted by Crippen LogP contribution is -2.65. The number of aromatic nitrogens is 2. The summed E-state index contributed by atoms with van der Waals surface area (Å²) in [5, 5.41) is 7.54. The van der Waals surface area contributed by atoms with Crippen LogP contribution in [0.4, 0.5) is 5.69 Å². The number of esters is 1. The summed E-state index contributed by atoms with van der Waals surface area (Å²) in [6.45, 7) is 8.13. The molecular formula is C26H34N4O4. The number of carbonyl (C=O) groups is 3. The fraction of sp³-hybridized carbons (Fsp3) is 0.538. The third-order valence-electron chi connectivity index (χ3n) is 7.06. The van der Waals surface area contributed by atoms with Crippen LogP contribution in [0.5, 0.6) is 0 Å². The number of hydrogen-bond donors (Lipinski definition) is 1. The minimum Gasteiger partial charge on any atom is -0.461 e. The Morgan fingerprint density at radius 2 is 1.91 bits per heavy atom. The molecule has 182 valence electrons. The largest absolute Gasteiger partial charge is 0.461 e. The molecule has 1 aliphatic heterocycles. The third-order valence-corrected chi connectivity index (χ3v) is 7.06. The highest BCUT2D eigenvalue weighted by atomic mass is 16.5. The van der Waals surface area contributed by atoms with Crippen molar-refractivity contribution in [2.75, 3.05) is 11.5 Å². The minimum absolute atomic E-state index is 0.0679. The zero-order valence-corrected chi connectivity index (χ0v) is 20.5. The maximum absolute atomic E-state index is 13.8. The minimum atomic E-state index is -1.21. The molecule has 1 aromatic carbocycles. The van der Waals surface area contributed by atoms with E-state index in [9.17, 15) is 14.4 Å². The number of rotatable bonds is 6. The van der Waals surface area contributed by atoms with E-state index in [1.165, 1.54) is 10.7 Å². The standard InChI is InChI=1S/C26H34N4O4/c1-5-18-8-7-9-20(14-18)30-23(31)22-15-21(24(32)34-6-2)28-29(22)16-26(30,4)25(33)27-19-12-10-17(3)11-13-19/h7-9,14-15,17,19H,5-6,10-13,16H2,1-4H3,(H,27,33). The van der Waals surface area contributed by atoms with Crippen molar-refractivity contribution in [3.05, 3.63) is 47.3 Å². The van der Waals surface area contributed by atoms with E-state index in [2.05, 4.69) is 17.3 Å². The number of anilines is 1. The Labute approximate surface area is 200 Å². The van der Waals surface area contributed by atoms with Crippen LogP contribution in [0.25, 0.3) is 0 Å². The summed E-state index contributed by atoms with van der Waals surface area (Å²) in [5.74, 6) is -0.487. The van der Waals surface area contributed by atoms with E-state index in [-0.39, 0.29) is 42.4 Å². The van der Waals surface area contributed by atoms with Crippen molar-refractivity contribution in [1.29, 1.82) is 0 Å². The topological polar surface area (TPSA) is 93.5 Å². The molecule has 1 N–H and O–H groups in total. The number of carbonyl (C=O) groups excluding carboxylic acids is 3. The average Bonchev–Trinajstić information content (AvgIpc) is 3.25. The molecular weight excluding hydrogens is 432 g/mol. The fourth-order valence-corrected chi connectivity index (χ4v) is 4.95. The molecule has 1 aliphatic carbocycles. The van der Waals surface area contributed by atoms with Gasteiger partial charge in [-0.15, -0.1) is 0 Å². The zero-order valence-electron chi connectivity index (χ0n) is 20.5. The Morgan fingerprint density at radius 1 is 1.18 bits per heavy atom. The number of amides is 2. The first-order valence-corrected chi connectivity index (χ1v) is 12.3. The summed E-state index contributed by atoms with van der Waals surface area (Å²) in [5.41, 5.74) is 0.849. The molecule has 8 nitrogen and oxygen atoms in total. The summed E-state index contributed by atoms with van der Waals surface area (Å²) in [4.78, 5) is 41.4. The molecule has 1 unspecified atom stereocenters. The number of benzene rings is 1. The van der Waals surface area contributed by atoms with Crippen LogP contribution < -0.4 is 10.2 Å². The normalized spacial score (nSPS) is 24.5. The molecule has 2 amide bonds. The second kappa shape index (κ2) is 9.60. The maximum atomic E-state index is 13.8. The van der Waals surface area contributed by atoms with Gasteiger partial charge in [-0.05, 0) is 69.6 Å². The number of fused-ring (bicyclic) bond motifs is 1. The molecule has 0 radical (unpaired) electrons. The Balaban J connectivity index is 1.73. The van der Waals surface area contributed by atoms with Crippen molar-refractivity contribution in [1.82, 2.24) is 15.1 Å². The smallest absolute Gasteiger partial charge is 0.358 e. The van der Waals surface area contributed by atoms with Crippen molar-refractivity contribution in [2.45, 2.75) is 77.9 Å². The molecule has 2 heterocycles. The number of nitrogens with one attached hydrogen (secondary N) is 1. The van der Waals surface area contributed by atoms with Crippen molar-refractivity contribution < 1.29 is 19.1 Å². The van der Waals surface area contributed by atoms with Gasteiger partial charge < -0.3 is 10.1 Å². The average molecular weight is 467 g/mol. The van der Waals surface area contributed by atoms with Crippen molar-refractivity contribution in [3.63, 3.8) is 0 Å². The van der Waals surface area contributed by atoms with Gasteiger partial charge in [0, 0.05) is 17.8 Å². The van der Waals surface area contributed by atoms with Crippen LogP contribution >= 0.6 is 0 Å². The van der Waals surface area contributed by atoms with Gasteiger partial charge in [0.25, 0.3) is 5.91 Å². The Hall–Kier alpha value is -3.16. The molecule has 0 bridgehead atoms. The maximum Gasteiger partial charge on any atom is 0.358 e. The lowest BCUT2D eigenvalue weighted by atomic mass is 9.86. The van der Waals surface area contributed by atoms with Crippen LogP contribution in [0.2, 0.25) is 0 Å². The Morgan fingerprint density at radius 3 is 2.59 bits per heavy atom. The molecule has 0 saturated heterocycles. The van der Waals surface area contributed by atoms with Gasteiger partial charge in [-0.2, -0.15) is 5.10 Å². The third kappa shape index (κ3) is 4.45. The van der Waals surface area contributed by atoms with Gasteiger partial charge in [0.2, 0.25) is 5.91 Å². The van der Waals surface area contributed by atoms with Crippen LogP contribution in [0, 0.1) is 5.92 Å². The molecule has 34 heavy (non-hydrogen) atoms. The van der Waals surface area contributed by atoms with Gasteiger partial charge in [0.1, 0.15) is 11.2 Å². The van der Waals surface area contributed by atoms with Crippen molar-refractivity contribution in [3.8, 4) is 0 Å². The van der Waals surface area contributed by atoms with E-state index in [0.29, 0.717) is 11.6 Å². The van der Waals surface area contributed by atoms with Crippen LogP contribution in [0.3, 0.4) is 0 Å². The van der Waals surface area contributed by atoms with E-state index in [0.717, 1.165) is 37.7 Å². The lowest BCUT2D eigenvalue weighted by molar-refractivity contribution is -0.127. The first-order chi connectivity index (χ1) is 16.3. The summed E-state index contributed by atoms with van der Waals surface area (Å²) in [7, 11) is 0. The van der Waals surface area contributed by atoms with Crippen LogP contribution in [-0.2, 0) is 22.5 Å². The number of nitrogens with zero attached hydrogens (tertiary/aromatic N) is 3. The monoisotopic (exact) mass is 466 g/mol. The first-order valence-electron chi connectivity index (χ1n) is 12.3. The van der Waals surface area contributed by atoms with E-state index >= 15 is 0 Å².